The summed E-state index contributed by atoms with van der Waals surface area (Å²) < 4.78 is 5.56. The molecule has 1 aliphatic carbocycles. The number of hydrogen-bond donors (Lipinski definition) is 1. The number of aryl methyl sites for hydroxylation is 1. The largest absolute Gasteiger partial charge is 0.447 e. The Labute approximate surface area is 149 Å². The zero-order chi connectivity index (χ0) is 17.8. The van der Waals surface area contributed by atoms with Gasteiger partial charge in [0.1, 0.15) is 6.26 Å². The SMILES string of the molecule is CCC(C)NC(=O)c1coc(CN(Cc2ccccc2C)C2CC2)n1. The molecular formula is C20H27N3O2. The molecule has 5 nitrogen and oxygen atoms in total. The Balaban J connectivity index is 1.65. The number of aromatic nitrogens is 1. The van der Waals surface area contributed by atoms with Crippen LogP contribution in [0.3, 0.4) is 0 Å². The van der Waals surface area contributed by atoms with Gasteiger partial charge in [0.05, 0.1) is 6.54 Å². The highest BCUT2D eigenvalue weighted by Crippen LogP contribution is 2.30. The maximum atomic E-state index is 12.1. The van der Waals surface area contributed by atoms with Gasteiger partial charge in [0.2, 0.25) is 5.89 Å². The molecule has 1 aromatic heterocycles. The molecule has 0 radical (unpaired) electrons. The quantitative estimate of drug-likeness (QED) is 0.796. The van der Waals surface area contributed by atoms with Crippen molar-refractivity contribution in [3.05, 3.63) is 53.2 Å². The van der Waals surface area contributed by atoms with Gasteiger partial charge < -0.3 is 9.73 Å². The fourth-order valence-electron chi connectivity index (χ4n) is 2.82. The molecule has 134 valence electrons. The summed E-state index contributed by atoms with van der Waals surface area (Å²) in [6, 6.07) is 9.18. The Morgan fingerprint density at radius 2 is 2.12 bits per heavy atom. The summed E-state index contributed by atoms with van der Waals surface area (Å²) in [6.45, 7) is 7.68. The Morgan fingerprint density at radius 1 is 1.36 bits per heavy atom. The molecule has 0 bridgehead atoms. The lowest BCUT2D eigenvalue weighted by Crippen LogP contribution is -2.32. The van der Waals surface area contributed by atoms with Gasteiger partial charge in [0.15, 0.2) is 5.69 Å². The summed E-state index contributed by atoms with van der Waals surface area (Å²) in [6.07, 6.45) is 4.79. The van der Waals surface area contributed by atoms with E-state index in [9.17, 15) is 4.79 Å². The number of benzene rings is 1. The fourth-order valence-corrected chi connectivity index (χ4v) is 2.82. The van der Waals surface area contributed by atoms with E-state index in [1.54, 1.807) is 0 Å². The molecule has 0 saturated heterocycles. The molecule has 1 amide bonds. The van der Waals surface area contributed by atoms with Gasteiger partial charge in [0.25, 0.3) is 5.91 Å². The summed E-state index contributed by atoms with van der Waals surface area (Å²) in [4.78, 5) is 18.9. The van der Waals surface area contributed by atoms with E-state index in [4.69, 9.17) is 4.42 Å². The third kappa shape index (κ3) is 4.69. The standard InChI is InChI=1S/C20H27N3O2/c1-4-15(3)21-20(24)18-13-25-19(22-18)12-23(17-9-10-17)11-16-8-6-5-7-14(16)2/h5-8,13,15,17H,4,9-12H2,1-3H3,(H,21,24). The van der Waals surface area contributed by atoms with Crippen molar-refractivity contribution in [3.8, 4) is 0 Å². The molecule has 1 aromatic carbocycles. The highest BCUT2D eigenvalue weighted by Gasteiger charge is 2.30. The fraction of sp³-hybridized carbons (Fsp3) is 0.500. The van der Waals surface area contributed by atoms with Crippen LogP contribution in [0, 0.1) is 6.92 Å². The number of carbonyl (C=O) groups excluding carboxylic acids is 1. The summed E-state index contributed by atoms with van der Waals surface area (Å²) in [5.74, 6) is 0.441. The van der Waals surface area contributed by atoms with Crippen LogP contribution >= 0.6 is 0 Å². The lowest BCUT2D eigenvalue weighted by molar-refractivity contribution is 0.0934. The van der Waals surface area contributed by atoms with E-state index in [2.05, 4.69) is 46.4 Å². The zero-order valence-corrected chi connectivity index (χ0v) is 15.3. The first-order chi connectivity index (χ1) is 12.1. The lowest BCUT2D eigenvalue weighted by Gasteiger charge is -2.21. The maximum Gasteiger partial charge on any atom is 0.273 e. The first-order valence-electron chi connectivity index (χ1n) is 9.10. The molecule has 1 unspecified atom stereocenters. The van der Waals surface area contributed by atoms with Gasteiger partial charge in [-0.2, -0.15) is 0 Å². The van der Waals surface area contributed by atoms with E-state index >= 15 is 0 Å². The van der Waals surface area contributed by atoms with Gasteiger partial charge in [-0.15, -0.1) is 0 Å². The van der Waals surface area contributed by atoms with E-state index in [1.807, 2.05) is 13.8 Å². The third-order valence-electron chi connectivity index (χ3n) is 4.81. The second-order valence-corrected chi connectivity index (χ2v) is 6.97. The number of hydrogen-bond acceptors (Lipinski definition) is 4. The molecule has 0 aliphatic heterocycles. The number of amides is 1. The molecule has 1 saturated carbocycles. The minimum Gasteiger partial charge on any atom is -0.447 e. The van der Waals surface area contributed by atoms with E-state index in [1.165, 1.54) is 30.2 Å². The van der Waals surface area contributed by atoms with Gasteiger partial charge in [-0.05, 0) is 44.2 Å². The molecule has 1 fully saturated rings. The molecule has 25 heavy (non-hydrogen) atoms. The Morgan fingerprint density at radius 3 is 2.80 bits per heavy atom. The monoisotopic (exact) mass is 341 g/mol. The van der Waals surface area contributed by atoms with Crippen molar-refractivity contribution < 1.29 is 9.21 Å². The van der Waals surface area contributed by atoms with Crippen molar-refractivity contribution in [2.75, 3.05) is 0 Å². The van der Waals surface area contributed by atoms with Crippen LogP contribution in [-0.4, -0.2) is 27.9 Å². The first kappa shape index (κ1) is 17.7. The molecule has 5 heteroatoms. The van der Waals surface area contributed by atoms with Crippen molar-refractivity contribution in [2.24, 2.45) is 0 Å². The van der Waals surface area contributed by atoms with Crippen LogP contribution in [0.1, 0.15) is 60.6 Å². The molecular weight excluding hydrogens is 314 g/mol. The summed E-state index contributed by atoms with van der Waals surface area (Å²) in [7, 11) is 0. The first-order valence-corrected chi connectivity index (χ1v) is 9.10. The van der Waals surface area contributed by atoms with Crippen molar-refractivity contribution in [1.29, 1.82) is 0 Å². The smallest absolute Gasteiger partial charge is 0.273 e. The minimum absolute atomic E-state index is 0.136. The molecule has 2 aromatic rings. The average Bonchev–Trinajstić information content (AvgIpc) is 3.35. The molecule has 1 N–H and O–H groups in total. The Hall–Kier alpha value is -2.14. The second kappa shape index (κ2) is 7.83. The van der Waals surface area contributed by atoms with Gasteiger partial charge in [0, 0.05) is 18.6 Å². The van der Waals surface area contributed by atoms with Crippen molar-refractivity contribution in [1.82, 2.24) is 15.2 Å². The van der Waals surface area contributed by atoms with E-state index in [-0.39, 0.29) is 11.9 Å². The number of nitrogens with one attached hydrogen (secondary N) is 1. The Bertz CT molecular complexity index is 721. The van der Waals surface area contributed by atoms with Crippen LogP contribution in [0.5, 0.6) is 0 Å². The van der Waals surface area contributed by atoms with Crippen molar-refractivity contribution >= 4 is 5.91 Å². The van der Waals surface area contributed by atoms with Crippen LogP contribution in [0.25, 0.3) is 0 Å². The second-order valence-electron chi connectivity index (χ2n) is 6.97. The van der Waals surface area contributed by atoms with Crippen LogP contribution in [0.4, 0.5) is 0 Å². The maximum absolute atomic E-state index is 12.1. The highest BCUT2D eigenvalue weighted by atomic mass is 16.3. The van der Waals surface area contributed by atoms with E-state index in [0.29, 0.717) is 24.2 Å². The van der Waals surface area contributed by atoms with Crippen molar-refractivity contribution in [3.63, 3.8) is 0 Å². The molecule has 1 heterocycles. The van der Waals surface area contributed by atoms with Crippen molar-refractivity contribution in [2.45, 2.75) is 65.2 Å². The molecule has 1 atom stereocenters. The van der Waals surface area contributed by atoms with Gasteiger partial charge in [-0.3, -0.25) is 9.69 Å². The molecule has 3 rings (SSSR count). The van der Waals surface area contributed by atoms with Crippen LogP contribution < -0.4 is 5.32 Å². The predicted octanol–water partition coefficient (Wildman–Crippen LogP) is 3.68. The number of carbonyl (C=O) groups is 1. The summed E-state index contributed by atoms with van der Waals surface area (Å²) >= 11 is 0. The zero-order valence-electron chi connectivity index (χ0n) is 15.3. The normalized spacial score (nSPS) is 15.4. The highest BCUT2D eigenvalue weighted by molar-refractivity contribution is 5.92. The summed E-state index contributed by atoms with van der Waals surface area (Å²) in [5, 5.41) is 2.92. The van der Waals surface area contributed by atoms with Crippen LogP contribution in [-0.2, 0) is 13.1 Å². The molecule has 1 aliphatic rings. The lowest BCUT2D eigenvalue weighted by atomic mass is 10.1. The summed E-state index contributed by atoms with van der Waals surface area (Å²) in [5.41, 5.74) is 2.99. The van der Waals surface area contributed by atoms with Gasteiger partial charge in [-0.1, -0.05) is 31.2 Å². The van der Waals surface area contributed by atoms with Gasteiger partial charge in [-0.25, -0.2) is 4.98 Å². The molecule has 0 spiro atoms. The number of nitrogens with zero attached hydrogens (tertiary/aromatic N) is 2. The predicted molar refractivity (Wildman–Crippen MR) is 97.2 cm³/mol. The topological polar surface area (TPSA) is 58.4 Å². The number of rotatable bonds is 8. The van der Waals surface area contributed by atoms with Crippen LogP contribution in [0.2, 0.25) is 0 Å². The third-order valence-corrected chi connectivity index (χ3v) is 4.81. The average molecular weight is 341 g/mol. The van der Waals surface area contributed by atoms with E-state index < -0.39 is 0 Å². The number of oxazole rings is 1. The Kier molecular flexibility index (Phi) is 5.53. The van der Waals surface area contributed by atoms with E-state index in [0.717, 1.165) is 13.0 Å². The van der Waals surface area contributed by atoms with Gasteiger partial charge >= 0.3 is 0 Å². The minimum atomic E-state index is -0.166. The van der Waals surface area contributed by atoms with Crippen LogP contribution in [0.15, 0.2) is 34.9 Å².